The summed E-state index contributed by atoms with van der Waals surface area (Å²) in [6, 6.07) is 17.3. The van der Waals surface area contributed by atoms with E-state index >= 15 is 0 Å². The maximum absolute atomic E-state index is 11.9. The molecule has 0 spiro atoms. The molecule has 0 aliphatic carbocycles. The maximum Gasteiger partial charge on any atom is 0.251 e. The molecular formula is C20H26IN5O2. The molecule has 150 valence electrons. The van der Waals surface area contributed by atoms with E-state index in [1.807, 2.05) is 42.3 Å². The third-order valence-electron chi connectivity index (χ3n) is 3.93. The van der Waals surface area contributed by atoms with Gasteiger partial charge in [0.15, 0.2) is 5.96 Å². The first-order valence-corrected chi connectivity index (χ1v) is 8.60. The number of hydrogen-bond donors (Lipinski definition) is 3. The highest BCUT2D eigenvalue weighted by Gasteiger charge is 2.08. The summed E-state index contributed by atoms with van der Waals surface area (Å²) in [6.45, 7) is 1.15. The Kier molecular flexibility index (Phi) is 10.0. The highest BCUT2D eigenvalue weighted by atomic mass is 127. The number of halogens is 1. The van der Waals surface area contributed by atoms with Crippen molar-refractivity contribution < 1.29 is 9.59 Å². The van der Waals surface area contributed by atoms with Gasteiger partial charge in [0.05, 0.1) is 6.54 Å². The van der Waals surface area contributed by atoms with Crippen molar-refractivity contribution >= 4 is 41.8 Å². The van der Waals surface area contributed by atoms with Crippen LogP contribution in [0.25, 0.3) is 0 Å². The van der Waals surface area contributed by atoms with Crippen molar-refractivity contribution in [2.24, 2.45) is 10.7 Å². The number of benzene rings is 2. The van der Waals surface area contributed by atoms with Crippen LogP contribution in [0.3, 0.4) is 0 Å². The second kappa shape index (κ2) is 12.0. The molecule has 28 heavy (non-hydrogen) atoms. The molecule has 0 heterocycles. The van der Waals surface area contributed by atoms with Crippen LogP contribution in [0, 0.1) is 0 Å². The lowest BCUT2D eigenvalue weighted by molar-refractivity contribution is -0.117. The van der Waals surface area contributed by atoms with E-state index < -0.39 is 5.91 Å². The van der Waals surface area contributed by atoms with Gasteiger partial charge < -0.3 is 21.3 Å². The number of amides is 2. The van der Waals surface area contributed by atoms with Gasteiger partial charge in [0, 0.05) is 32.7 Å². The van der Waals surface area contributed by atoms with E-state index in [9.17, 15) is 9.59 Å². The van der Waals surface area contributed by atoms with E-state index in [2.05, 4.69) is 27.8 Å². The fourth-order valence-electron chi connectivity index (χ4n) is 2.54. The Balaban J connectivity index is 0.00000392. The summed E-state index contributed by atoms with van der Waals surface area (Å²) >= 11 is 0. The Bertz CT molecular complexity index is 794. The van der Waals surface area contributed by atoms with Crippen LogP contribution in [-0.4, -0.2) is 43.3 Å². The number of carbonyl (C=O) groups is 2. The van der Waals surface area contributed by atoms with Gasteiger partial charge in [-0.2, -0.15) is 0 Å². The van der Waals surface area contributed by atoms with Crippen LogP contribution in [-0.2, 0) is 17.9 Å². The number of guanidine groups is 1. The van der Waals surface area contributed by atoms with Crippen molar-refractivity contribution in [1.29, 1.82) is 0 Å². The molecule has 0 saturated heterocycles. The van der Waals surface area contributed by atoms with Crippen LogP contribution >= 0.6 is 24.0 Å². The first-order valence-electron chi connectivity index (χ1n) is 8.60. The van der Waals surface area contributed by atoms with Crippen LogP contribution in [0.4, 0.5) is 0 Å². The molecule has 0 atom stereocenters. The van der Waals surface area contributed by atoms with Crippen molar-refractivity contribution in [1.82, 2.24) is 15.5 Å². The van der Waals surface area contributed by atoms with E-state index in [0.29, 0.717) is 12.1 Å². The molecule has 0 aromatic heterocycles. The van der Waals surface area contributed by atoms with E-state index in [4.69, 9.17) is 5.73 Å². The van der Waals surface area contributed by atoms with Gasteiger partial charge in [0.1, 0.15) is 0 Å². The number of aliphatic imine (C=N–C) groups is 1. The van der Waals surface area contributed by atoms with Crippen LogP contribution in [0.2, 0.25) is 0 Å². The zero-order chi connectivity index (χ0) is 19.6. The molecule has 2 rings (SSSR count). The predicted molar refractivity (Wildman–Crippen MR) is 121 cm³/mol. The van der Waals surface area contributed by atoms with Gasteiger partial charge in [-0.15, -0.1) is 24.0 Å². The first kappa shape index (κ1) is 23.4. The lowest BCUT2D eigenvalue weighted by atomic mass is 10.1. The van der Waals surface area contributed by atoms with Gasteiger partial charge in [0.2, 0.25) is 5.91 Å². The molecule has 0 aliphatic rings. The summed E-state index contributed by atoms with van der Waals surface area (Å²) < 4.78 is 0. The first-order chi connectivity index (χ1) is 13.0. The average molecular weight is 495 g/mol. The summed E-state index contributed by atoms with van der Waals surface area (Å²) in [5.74, 6) is -0.121. The van der Waals surface area contributed by atoms with Crippen molar-refractivity contribution in [3.8, 4) is 0 Å². The average Bonchev–Trinajstić information content (AvgIpc) is 2.68. The van der Waals surface area contributed by atoms with Gasteiger partial charge in [-0.05, 0) is 23.3 Å². The molecule has 4 N–H and O–H groups in total. The third kappa shape index (κ3) is 7.55. The molecule has 0 radical (unpaired) electrons. The fraction of sp³-hybridized carbons (Fsp3) is 0.250. The zero-order valence-corrected chi connectivity index (χ0v) is 18.3. The van der Waals surface area contributed by atoms with E-state index in [1.54, 1.807) is 19.2 Å². The molecule has 7 nitrogen and oxygen atoms in total. The second-order valence-electron chi connectivity index (χ2n) is 6.09. The fourth-order valence-corrected chi connectivity index (χ4v) is 2.54. The molecule has 2 amide bonds. The number of hydrogen-bond acceptors (Lipinski definition) is 3. The summed E-state index contributed by atoms with van der Waals surface area (Å²) in [4.78, 5) is 28.9. The molecule has 0 unspecified atom stereocenters. The number of primary amides is 1. The Labute approximate surface area is 182 Å². The zero-order valence-electron chi connectivity index (χ0n) is 16.0. The molecule has 2 aromatic rings. The monoisotopic (exact) mass is 495 g/mol. The second-order valence-corrected chi connectivity index (χ2v) is 6.09. The van der Waals surface area contributed by atoms with Crippen molar-refractivity contribution in [3.63, 3.8) is 0 Å². The van der Waals surface area contributed by atoms with Crippen LogP contribution in [0.1, 0.15) is 21.5 Å². The standard InChI is InChI=1S/C20H25N5O2.HI/c1-22-20(25(2)14-16-6-4-3-5-7-16)24-12-15-8-10-17(11-9-15)19(27)23-13-18(21)26;/h3-11H,12-14H2,1-2H3,(H2,21,26)(H,22,24)(H,23,27);1H. The van der Waals surface area contributed by atoms with Crippen LogP contribution < -0.4 is 16.4 Å². The van der Waals surface area contributed by atoms with Crippen LogP contribution in [0.15, 0.2) is 59.6 Å². The highest BCUT2D eigenvalue weighted by Crippen LogP contribution is 2.06. The minimum Gasteiger partial charge on any atom is -0.368 e. The maximum atomic E-state index is 11.9. The Morgan fingerprint density at radius 3 is 2.21 bits per heavy atom. The lowest BCUT2D eigenvalue weighted by Crippen LogP contribution is -2.38. The van der Waals surface area contributed by atoms with E-state index in [-0.39, 0.29) is 36.4 Å². The number of nitrogens with zero attached hydrogens (tertiary/aromatic N) is 2. The van der Waals surface area contributed by atoms with Crippen molar-refractivity contribution in [3.05, 3.63) is 71.3 Å². The molecule has 0 fully saturated rings. The van der Waals surface area contributed by atoms with E-state index in [0.717, 1.165) is 18.1 Å². The summed E-state index contributed by atoms with van der Waals surface area (Å²) in [7, 11) is 3.73. The minimum absolute atomic E-state index is 0. The van der Waals surface area contributed by atoms with Gasteiger partial charge >= 0.3 is 0 Å². The smallest absolute Gasteiger partial charge is 0.251 e. The van der Waals surface area contributed by atoms with E-state index in [1.165, 1.54) is 5.56 Å². The SMILES string of the molecule is CN=C(NCc1ccc(C(=O)NCC(N)=O)cc1)N(C)Cc1ccccc1.I. The molecule has 8 heteroatoms. The highest BCUT2D eigenvalue weighted by molar-refractivity contribution is 14.0. The van der Waals surface area contributed by atoms with Gasteiger partial charge in [-0.25, -0.2) is 0 Å². The molecule has 0 aliphatic heterocycles. The number of rotatable bonds is 7. The van der Waals surface area contributed by atoms with Gasteiger partial charge in [-0.1, -0.05) is 42.5 Å². The van der Waals surface area contributed by atoms with Crippen LogP contribution in [0.5, 0.6) is 0 Å². The Morgan fingerprint density at radius 2 is 1.64 bits per heavy atom. The summed E-state index contributed by atoms with van der Waals surface area (Å²) in [5, 5.41) is 5.77. The molecule has 0 saturated carbocycles. The minimum atomic E-state index is -0.574. The lowest BCUT2D eigenvalue weighted by Gasteiger charge is -2.22. The largest absolute Gasteiger partial charge is 0.368 e. The molecular weight excluding hydrogens is 469 g/mol. The van der Waals surface area contributed by atoms with Crippen molar-refractivity contribution in [2.75, 3.05) is 20.6 Å². The number of nitrogens with two attached hydrogens (primary N) is 1. The quantitative estimate of drug-likeness (QED) is 0.310. The Morgan fingerprint density at radius 1 is 1.00 bits per heavy atom. The molecule has 2 aromatic carbocycles. The number of carbonyl (C=O) groups excluding carboxylic acids is 2. The van der Waals surface area contributed by atoms with Gasteiger partial charge in [-0.3, -0.25) is 14.6 Å². The normalized spacial score (nSPS) is 10.6. The third-order valence-corrected chi connectivity index (χ3v) is 3.93. The number of nitrogens with one attached hydrogen (secondary N) is 2. The van der Waals surface area contributed by atoms with Gasteiger partial charge in [0.25, 0.3) is 5.91 Å². The van der Waals surface area contributed by atoms with Crippen molar-refractivity contribution in [2.45, 2.75) is 13.1 Å². The summed E-state index contributed by atoms with van der Waals surface area (Å²) in [5.41, 5.74) is 7.71. The topological polar surface area (TPSA) is 99.8 Å². The molecule has 0 bridgehead atoms. The summed E-state index contributed by atoms with van der Waals surface area (Å²) in [6.07, 6.45) is 0. The predicted octanol–water partition coefficient (Wildman–Crippen LogP) is 1.73. The Hall–Kier alpha value is -2.62.